The Hall–Kier alpha value is -3.73. The van der Waals surface area contributed by atoms with Crippen LogP contribution in [0.1, 0.15) is 18.5 Å². The molecule has 0 fully saturated rings. The molecule has 11 heteroatoms. The van der Waals surface area contributed by atoms with Crippen LogP contribution in [-0.2, 0) is 9.53 Å². The normalized spacial score (nSPS) is 15.8. The van der Waals surface area contributed by atoms with Gasteiger partial charge < -0.3 is 20.1 Å². The standard InChI is InChI=1S/C23H20F2N4O4S/c1-2-32-21(30)18-16(11-34-20-13-7-3-5-9-15(13)26-12-27-20)28-23(31)29-19(18)14-8-4-6-10-17(14)33-22(24)25/h3-10,12,19,22H,2,11H2,1H3,(H2,28,29,31)/t19-/m0/s1. The summed E-state index contributed by atoms with van der Waals surface area (Å²) < 4.78 is 35.8. The number of ether oxygens (including phenoxy) is 2. The number of carbonyl (C=O) groups excluding carboxylic acids is 2. The Labute approximate surface area is 197 Å². The van der Waals surface area contributed by atoms with Crippen molar-refractivity contribution < 1.29 is 27.8 Å². The van der Waals surface area contributed by atoms with Gasteiger partial charge in [-0.05, 0) is 19.1 Å². The van der Waals surface area contributed by atoms with Gasteiger partial charge >= 0.3 is 18.6 Å². The quantitative estimate of drug-likeness (QED) is 0.280. The van der Waals surface area contributed by atoms with Gasteiger partial charge in [-0.1, -0.05) is 48.2 Å². The first-order valence-electron chi connectivity index (χ1n) is 10.3. The summed E-state index contributed by atoms with van der Waals surface area (Å²) in [5.41, 5.74) is 1.34. The van der Waals surface area contributed by atoms with Crippen molar-refractivity contribution in [2.45, 2.75) is 24.6 Å². The number of para-hydroxylation sites is 2. The molecule has 1 aliphatic heterocycles. The van der Waals surface area contributed by atoms with Gasteiger partial charge in [0.25, 0.3) is 0 Å². The van der Waals surface area contributed by atoms with E-state index in [1.54, 1.807) is 13.0 Å². The molecule has 2 N–H and O–H groups in total. The third kappa shape index (κ3) is 5.09. The van der Waals surface area contributed by atoms with E-state index < -0.39 is 24.7 Å². The van der Waals surface area contributed by atoms with Crippen LogP contribution >= 0.6 is 11.8 Å². The molecule has 0 spiro atoms. The number of thioether (sulfide) groups is 1. The number of hydrogen-bond acceptors (Lipinski definition) is 7. The topological polar surface area (TPSA) is 102 Å². The number of nitrogens with zero attached hydrogens (tertiary/aromatic N) is 2. The maximum absolute atomic E-state index is 13.0. The van der Waals surface area contributed by atoms with Gasteiger partial charge in [0.05, 0.1) is 23.7 Å². The Kier molecular flexibility index (Phi) is 7.21. The Morgan fingerprint density at radius 1 is 1.15 bits per heavy atom. The van der Waals surface area contributed by atoms with Crippen molar-refractivity contribution in [2.75, 3.05) is 12.4 Å². The SMILES string of the molecule is CCOC(=O)C1=C(CSc2ncnc3ccccc23)NC(=O)N[C@H]1c1ccccc1OC(F)F. The van der Waals surface area contributed by atoms with Gasteiger partial charge in [0.15, 0.2) is 0 Å². The average Bonchev–Trinajstić information content (AvgIpc) is 2.82. The Balaban J connectivity index is 1.74. The molecule has 176 valence electrons. The summed E-state index contributed by atoms with van der Waals surface area (Å²) in [5.74, 6) is -0.674. The van der Waals surface area contributed by atoms with E-state index in [2.05, 4.69) is 25.3 Å². The van der Waals surface area contributed by atoms with E-state index in [0.717, 1.165) is 10.9 Å². The monoisotopic (exact) mass is 486 g/mol. The number of nitrogens with one attached hydrogen (secondary N) is 2. The maximum atomic E-state index is 13.0. The highest BCUT2D eigenvalue weighted by Gasteiger charge is 2.35. The van der Waals surface area contributed by atoms with Gasteiger partial charge in [0, 0.05) is 22.4 Å². The van der Waals surface area contributed by atoms with Crippen LogP contribution in [0.5, 0.6) is 5.75 Å². The van der Waals surface area contributed by atoms with Crippen LogP contribution in [0.15, 0.2) is 71.2 Å². The van der Waals surface area contributed by atoms with E-state index in [-0.39, 0.29) is 34.9 Å². The van der Waals surface area contributed by atoms with Crippen LogP contribution < -0.4 is 15.4 Å². The van der Waals surface area contributed by atoms with Gasteiger partial charge in [-0.25, -0.2) is 19.6 Å². The van der Waals surface area contributed by atoms with Crippen LogP contribution in [0.3, 0.4) is 0 Å². The first-order valence-corrected chi connectivity index (χ1v) is 11.3. The zero-order chi connectivity index (χ0) is 24.1. The van der Waals surface area contributed by atoms with Gasteiger partial charge in [-0.2, -0.15) is 8.78 Å². The van der Waals surface area contributed by atoms with E-state index in [1.807, 2.05) is 24.3 Å². The highest BCUT2D eigenvalue weighted by Crippen LogP contribution is 2.36. The second-order valence-corrected chi connectivity index (χ2v) is 8.01. The van der Waals surface area contributed by atoms with Crippen molar-refractivity contribution in [3.8, 4) is 5.75 Å². The molecule has 34 heavy (non-hydrogen) atoms. The molecule has 0 bridgehead atoms. The third-order valence-electron chi connectivity index (χ3n) is 4.95. The van der Waals surface area contributed by atoms with Crippen LogP contribution in [-0.4, -0.2) is 40.9 Å². The summed E-state index contributed by atoms with van der Waals surface area (Å²) in [6.45, 7) is -1.33. The molecular weight excluding hydrogens is 466 g/mol. The minimum absolute atomic E-state index is 0.0924. The molecule has 0 saturated heterocycles. The van der Waals surface area contributed by atoms with E-state index >= 15 is 0 Å². The summed E-state index contributed by atoms with van der Waals surface area (Å²) in [4.78, 5) is 34.0. The van der Waals surface area contributed by atoms with Crippen LogP contribution in [0.4, 0.5) is 13.6 Å². The summed E-state index contributed by atoms with van der Waals surface area (Å²) in [6, 6.07) is 11.8. The van der Waals surface area contributed by atoms with E-state index in [9.17, 15) is 18.4 Å². The van der Waals surface area contributed by atoms with E-state index in [1.165, 1.54) is 36.3 Å². The van der Waals surface area contributed by atoms with Crippen molar-refractivity contribution in [2.24, 2.45) is 0 Å². The summed E-state index contributed by atoms with van der Waals surface area (Å²) in [6.07, 6.45) is 1.44. The molecule has 0 unspecified atom stereocenters. The molecular formula is C23H20F2N4O4S. The van der Waals surface area contributed by atoms with Gasteiger partial charge in [-0.15, -0.1) is 0 Å². The second-order valence-electron chi connectivity index (χ2n) is 7.05. The second kappa shape index (κ2) is 10.5. The van der Waals surface area contributed by atoms with Crippen LogP contribution in [0, 0.1) is 0 Å². The van der Waals surface area contributed by atoms with Crippen LogP contribution in [0.25, 0.3) is 10.9 Å². The smallest absolute Gasteiger partial charge is 0.387 e. The highest BCUT2D eigenvalue weighted by atomic mass is 32.2. The number of hydrogen-bond donors (Lipinski definition) is 2. The lowest BCUT2D eigenvalue weighted by atomic mass is 9.95. The first-order chi connectivity index (χ1) is 16.5. The minimum Gasteiger partial charge on any atom is -0.463 e. The summed E-state index contributed by atoms with van der Waals surface area (Å²) >= 11 is 1.30. The molecule has 1 atom stereocenters. The lowest BCUT2D eigenvalue weighted by molar-refractivity contribution is -0.139. The van der Waals surface area contributed by atoms with E-state index in [0.29, 0.717) is 5.03 Å². The van der Waals surface area contributed by atoms with Gasteiger partial charge in [-0.3, -0.25) is 0 Å². The molecule has 0 radical (unpaired) electrons. The lowest BCUT2D eigenvalue weighted by Crippen LogP contribution is -2.46. The van der Waals surface area contributed by atoms with Crippen molar-refractivity contribution in [1.82, 2.24) is 20.6 Å². The molecule has 4 rings (SSSR count). The fourth-order valence-electron chi connectivity index (χ4n) is 3.57. The number of aromatic nitrogens is 2. The molecule has 0 aliphatic carbocycles. The fourth-order valence-corrected chi connectivity index (χ4v) is 4.53. The van der Waals surface area contributed by atoms with Crippen molar-refractivity contribution >= 4 is 34.7 Å². The lowest BCUT2D eigenvalue weighted by Gasteiger charge is -2.30. The Morgan fingerprint density at radius 3 is 2.71 bits per heavy atom. The summed E-state index contributed by atoms with van der Waals surface area (Å²) in [5, 5.41) is 6.76. The highest BCUT2D eigenvalue weighted by molar-refractivity contribution is 7.99. The number of urea groups is 1. The number of halogens is 2. The first kappa shape index (κ1) is 23.4. The number of alkyl halides is 2. The molecule has 2 aromatic carbocycles. The molecule has 2 heterocycles. The number of rotatable bonds is 8. The predicted octanol–water partition coefficient (Wildman–Crippen LogP) is 4.19. The van der Waals surface area contributed by atoms with Gasteiger partial charge in [0.1, 0.15) is 17.1 Å². The van der Waals surface area contributed by atoms with Gasteiger partial charge in [0.2, 0.25) is 0 Å². The molecule has 8 nitrogen and oxygen atoms in total. The number of esters is 1. The summed E-state index contributed by atoms with van der Waals surface area (Å²) in [7, 11) is 0. The fraction of sp³-hybridized carbons (Fsp3) is 0.217. The number of carbonyl (C=O) groups is 2. The number of amides is 2. The molecule has 3 aromatic rings. The van der Waals surface area contributed by atoms with Crippen molar-refractivity contribution in [1.29, 1.82) is 0 Å². The van der Waals surface area contributed by atoms with Crippen molar-refractivity contribution in [3.63, 3.8) is 0 Å². The molecule has 0 saturated carbocycles. The minimum atomic E-state index is -3.07. The number of fused-ring (bicyclic) bond motifs is 1. The zero-order valence-corrected chi connectivity index (χ0v) is 18.8. The number of benzene rings is 2. The zero-order valence-electron chi connectivity index (χ0n) is 18.0. The largest absolute Gasteiger partial charge is 0.463 e. The van der Waals surface area contributed by atoms with Crippen molar-refractivity contribution in [3.05, 3.63) is 71.7 Å². The predicted molar refractivity (Wildman–Crippen MR) is 121 cm³/mol. The average molecular weight is 487 g/mol. The third-order valence-corrected chi connectivity index (χ3v) is 5.99. The molecule has 2 amide bonds. The Bertz CT molecular complexity index is 1250. The molecule has 1 aromatic heterocycles. The molecule has 1 aliphatic rings. The maximum Gasteiger partial charge on any atom is 0.387 e. The Morgan fingerprint density at radius 2 is 1.91 bits per heavy atom. The van der Waals surface area contributed by atoms with Crippen LogP contribution in [0.2, 0.25) is 0 Å². The van der Waals surface area contributed by atoms with E-state index in [4.69, 9.17) is 4.74 Å².